The minimum atomic E-state index is -4.20. The van der Waals surface area contributed by atoms with Gasteiger partial charge in [-0.2, -0.15) is 13.2 Å². The summed E-state index contributed by atoms with van der Waals surface area (Å²) in [4.78, 5) is 4.00. The molecular formula is C20H21F4N2+. The molecule has 0 aliphatic rings. The van der Waals surface area contributed by atoms with Gasteiger partial charge >= 0.3 is 6.18 Å². The van der Waals surface area contributed by atoms with E-state index < -0.39 is 12.6 Å². The van der Waals surface area contributed by atoms with Gasteiger partial charge in [0.05, 0.1) is 11.3 Å². The molecule has 0 aromatic heterocycles. The molecule has 2 aromatic rings. The van der Waals surface area contributed by atoms with Gasteiger partial charge in [-0.25, -0.2) is 8.97 Å². The van der Waals surface area contributed by atoms with Gasteiger partial charge in [-0.3, -0.25) is 4.99 Å². The van der Waals surface area contributed by atoms with E-state index in [1.54, 1.807) is 31.2 Å². The number of halogens is 4. The Balaban J connectivity index is 2.50. The van der Waals surface area contributed by atoms with E-state index in [2.05, 4.69) is 11.7 Å². The van der Waals surface area contributed by atoms with Crippen molar-refractivity contribution in [3.8, 4) is 0 Å². The van der Waals surface area contributed by atoms with E-state index in [0.717, 1.165) is 22.4 Å². The monoisotopic (exact) mass is 365 g/mol. The highest BCUT2D eigenvalue weighted by Gasteiger charge is 2.27. The number of alkyl halides is 3. The lowest BCUT2D eigenvalue weighted by Gasteiger charge is -2.12. The second kappa shape index (κ2) is 7.81. The molecule has 0 N–H and O–H groups in total. The van der Waals surface area contributed by atoms with Crippen molar-refractivity contribution in [3.05, 3.63) is 64.5 Å². The van der Waals surface area contributed by atoms with Gasteiger partial charge in [0.1, 0.15) is 19.9 Å². The second-order valence-electron chi connectivity index (χ2n) is 6.33. The van der Waals surface area contributed by atoms with Crippen LogP contribution in [0, 0.1) is 12.7 Å². The molecule has 0 bridgehead atoms. The highest BCUT2D eigenvalue weighted by atomic mass is 19.4. The van der Waals surface area contributed by atoms with Crippen LogP contribution in [0.15, 0.2) is 41.4 Å². The SMILES string of the molecule is C=Nc1cc(CCC(F)(F)F)ccc1C(c1ccc(F)cc1C)=[N+](C)C. The van der Waals surface area contributed by atoms with Gasteiger partial charge in [0.2, 0.25) is 5.71 Å². The lowest BCUT2D eigenvalue weighted by Crippen LogP contribution is -2.18. The minimum Gasteiger partial charge on any atom is -0.264 e. The predicted molar refractivity (Wildman–Crippen MR) is 96.5 cm³/mol. The molecule has 2 rings (SSSR count). The molecule has 0 atom stereocenters. The van der Waals surface area contributed by atoms with Crippen molar-refractivity contribution in [1.29, 1.82) is 0 Å². The molecule has 2 nitrogen and oxygen atoms in total. The Morgan fingerprint density at radius 2 is 1.73 bits per heavy atom. The Labute approximate surface area is 150 Å². The Morgan fingerprint density at radius 1 is 1.08 bits per heavy atom. The van der Waals surface area contributed by atoms with Gasteiger partial charge in [0.15, 0.2) is 0 Å². The first kappa shape index (κ1) is 19.8. The number of rotatable bonds is 5. The zero-order valence-corrected chi connectivity index (χ0v) is 15.0. The molecule has 0 aliphatic heterocycles. The summed E-state index contributed by atoms with van der Waals surface area (Å²) in [6.45, 7) is 5.36. The molecule has 0 unspecified atom stereocenters. The van der Waals surface area contributed by atoms with E-state index in [0.29, 0.717) is 11.3 Å². The van der Waals surface area contributed by atoms with Gasteiger partial charge < -0.3 is 0 Å². The van der Waals surface area contributed by atoms with Gasteiger partial charge in [-0.1, -0.05) is 6.07 Å². The maximum atomic E-state index is 13.5. The molecule has 0 amide bonds. The number of nitrogens with zero attached hydrogens (tertiary/aromatic N) is 2. The molecule has 138 valence electrons. The topological polar surface area (TPSA) is 15.4 Å². The number of aliphatic imine (C=N–C) groups is 1. The molecular weight excluding hydrogens is 344 g/mol. The largest absolute Gasteiger partial charge is 0.389 e. The maximum Gasteiger partial charge on any atom is 0.389 e. The Hall–Kier alpha value is -2.50. The quantitative estimate of drug-likeness (QED) is 0.399. The zero-order valence-electron chi connectivity index (χ0n) is 15.0. The molecule has 0 heterocycles. The molecule has 0 saturated carbocycles. The summed E-state index contributed by atoms with van der Waals surface area (Å²) >= 11 is 0. The fraction of sp³-hybridized carbons (Fsp3) is 0.300. The highest BCUT2D eigenvalue weighted by molar-refractivity contribution is 6.13. The number of benzene rings is 2. The van der Waals surface area contributed by atoms with Crippen molar-refractivity contribution in [2.75, 3.05) is 14.1 Å². The zero-order chi connectivity index (χ0) is 19.5. The molecule has 2 aromatic carbocycles. The molecule has 0 saturated heterocycles. The Morgan fingerprint density at radius 3 is 2.27 bits per heavy atom. The number of hydrogen-bond acceptors (Lipinski definition) is 1. The molecule has 0 aliphatic carbocycles. The van der Waals surface area contributed by atoms with Gasteiger partial charge in [0.25, 0.3) is 0 Å². The third-order valence-corrected chi connectivity index (χ3v) is 4.08. The van der Waals surface area contributed by atoms with Crippen molar-refractivity contribution in [3.63, 3.8) is 0 Å². The van der Waals surface area contributed by atoms with Crippen LogP contribution in [0.4, 0.5) is 23.2 Å². The third kappa shape index (κ3) is 4.77. The highest BCUT2D eigenvalue weighted by Crippen LogP contribution is 2.28. The fourth-order valence-corrected chi connectivity index (χ4v) is 2.87. The van der Waals surface area contributed by atoms with Crippen LogP contribution in [0.25, 0.3) is 0 Å². The first-order valence-electron chi connectivity index (χ1n) is 8.10. The van der Waals surface area contributed by atoms with Crippen molar-refractivity contribution >= 4 is 18.1 Å². The average Bonchev–Trinajstić information content (AvgIpc) is 2.55. The van der Waals surface area contributed by atoms with Crippen molar-refractivity contribution in [1.82, 2.24) is 0 Å². The third-order valence-electron chi connectivity index (χ3n) is 4.08. The van der Waals surface area contributed by atoms with Crippen molar-refractivity contribution < 1.29 is 22.1 Å². The van der Waals surface area contributed by atoms with Crippen molar-refractivity contribution in [2.45, 2.75) is 25.9 Å². The van der Waals surface area contributed by atoms with Crippen LogP contribution < -0.4 is 0 Å². The standard InChI is InChI=1S/C20H21F4N2/c1-13-11-15(21)6-8-16(13)19(26(3)4)17-7-5-14(12-18(17)25-2)9-10-20(22,23)24/h5-8,11-12H,2,9-10H2,1,3-4H3/q+1. The summed E-state index contributed by atoms with van der Waals surface area (Å²) in [5.41, 5.74) is 4.15. The van der Waals surface area contributed by atoms with Gasteiger partial charge in [-0.05, 0) is 61.5 Å². The molecule has 0 radical (unpaired) electrons. The Bertz CT molecular complexity index is 847. The molecule has 0 fully saturated rings. The van der Waals surface area contributed by atoms with Gasteiger partial charge in [0, 0.05) is 12.0 Å². The Kier molecular flexibility index (Phi) is 5.95. The number of aryl methyl sites for hydroxylation is 2. The molecule has 26 heavy (non-hydrogen) atoms. The summed E-state index contributed by atoms with van der Waals surface area (Å²) in [5.74, 6) is -0.325. The normalized spacial score (nSPS) is 11.3. The lowest BCUT2D eigenvalue weighted by atomic mass is 9.94. The first-order valence-corrected chi connectivity index (χ1v) is 8.10. The first-order chi connectivity index (χ1) is 12.1. The summed E-state index contributed by atoms with van der Waals surface area (Å²) in [6.07, 6.45) is -5.20. The minimum absolute atomic E-state index is 0.112. The van der Waals surface area contributed by atoms with E-state index in [1.807, 2.05) is 18.7 Å². The van der Waals surface area contributed by atoms with E-state index in [4.69, 9.17) is 0 Å². The second-order valence-corrected chi connectivity index (χ2v) is 6.33. The fourth-order valence-electron chi connectivity index (χ4n) is 2.87. The van der Waals surface area contributed by atoms with Gasteiger partial charge in [-0.15, -0.1) is 0 Å². The van der Waals surface area contributed by atoms with Crippen LogP contribution in [0.2, 0.25) is 0 Å². The van der Waals surface area contributed by atoms with Crippen LogP contribution in [0.1, 0.15) is 28.7 Å². The summed E-state index contributed by atoms with van der Waals surface area (Å²) in [5, 5.41) is 0. The van der Waals surface area contributed by atoms with E-state index >= 15 is 0 Å². The number of hydrogen-bond donors (Lipinski definition) is 0. The summed E-state index contributed by atoms with van der Waals surface area (Å²) in [7, 11) is 3.70. The summed E-state index contributed by atoms with van der Waals surface area (Å²) < 4.78 is 52.7. The van der Waals surface area contributed by atoms with Crippen molar-refractivity contribution in [2.24, 2.45) is 4.99 Å². The van der Waals surface area contributed by atoms with E-state index in [1.165, 1.54) is 12.1 Å². The van der Waals surface area contributed by atoms with Crippen LogP contribution in [-0.4, -0.2) is 37.3 Å². The maximum absolute atomic E-state index is 13.5. The van der Waals surface area contributed by atoms with Crippen LogP contribution in [-0.2, 0) is 6.42 Å². The average molecular weight is 365 g/mol. The van der Waals surface area contributed by atoms with Crippen LogP contribution in [0.3, 0.4) is 0 Å². The molecule has 6 heteroatoms. The molecule has 0 spiro atoms. The predicted octanol–water partition coefficient (Wildman–Crippen LogP) is 5.07. The van der Waals surface area contributed by atoms with Crippen LogP contribution >= 0.6 is 0 Å². The summed E-state index contributed by atoms with van der Waals surface area (Å²) in [6, 6.07) is 9.54. The van der Waals surface area contributed by atoms with E-state index in [9.17, 15) is 17.6 Å². The lowest BCUT2D eigenvalue weighted by molar-refractivity contribution is -0.463. The van der Waals surface area contributed by atoms with Crippen LogP contribution in [0.5, 0.6) is 0 Å². The smallest absolute Gasteiger partial charge is 0.264 e. The van der Waals surface area contributed by atoms with E-state index in [-0.39, 0.29) is 12.2 Å².